The maximum Gasteiger partial charge on any atom is 0.472 e. The molecular weight excluding hydrogens is 864 g/mol. The number of allylic oxidation sites excluding steroid dienone is 6. The first kappa shape index (κ1) is 62.1. The summed E-state index contributed by atoms with van der Waals surface area (Å²) < 4.78 is 33.6. The molecule has 14 heteroatoms. The SMILES string of the molecule is CC/C=C\C/C=C\C/C=C\CCCCCCCC(=O)OC(COC(=O)CCCCCCCCCCCCCCCCCCCCCCCC)COP(=O)(O)OC1C(O)C(O)C(O)C(O)C1O. The van der Waals surface area contributed by atoms with Crippen LogP contribution in [0.5, 0.6) is 0 Å². The summed E-state index contributed by atoms with van der Waals surface area (Å²) in [6.07, 6.45) is 36.3. The van der Waals surface area contributed by atoms with Crippen molar-refractivity contribution in [1.82, 2.24) is 0 Å². The molecule has 66 heavy (non-hydrogen) atoms. The highest BCUT2D eigenvalue weighted by Crippen LogP contribution is 2.47. The number of phosphoric ester groups is 1. The smallest absolute Gasteiger partial charge is 0.462 e. The molecule has 0 saturated heterocycles. The summed E-state index contributed by atoms with van der Waals surface area (Å²) in [5, 5.41) is 50.3. The van der Waals surface area contributed by atoms with E-state index in [1.54, 1.807) is 0 Å². The first-order valence-corrected chi connectivity index (χ1v) is 27.8. The van der Waals surface area contributed by atoms with Gasteiger partial charge in [-0.2, -0.15) is 0 Å². The van der Waals surface area contributed by atoms with E-state index in [0.29, 0.717) is 12.8 Å². The first-order valence-electron chi connectivity index (χ1n) is 26.3. The summed E-state index contributed by atoms with van der Waals surface area (Å²) >= 11 is 0. The van der Waals surface area contributed by atoms with Crippen molar-refractivity contribution in [3.63, 3.8) is 0 Å². The third kappa shape index (κ3) is 33.5. The Labute approximate surface area is 399 Å². The minimum absolute atomic E-state index is 0.0788. The second-order valence-corrected chi connectivity index (χ2v) is 19.8. The van der Waals surface area contributed by atoms with Crippen LogP contribution in [-0.4, -0.2) is 98.3 Å². The van der Waals surface area contributed by atoms with Crippen molar-refractivity contribution in [2.45, 2.75) is 268 Å². The molecule has 0 aliphatic heterocycles. The summed E-state index contributed by atoms with van der Waals surface area (Å²) in [5.41, 5.74) is 0. The molecule has 1 saturated carbocycles. The quantitative estimate of drug-likeness (QED) is 0.0145. The van der Waals surface area contributed by atoms with Gasteiger partial charge in [0.2, 0.25) is 0 Å². The Hall–Kier alpha value is -1.93. The van der Waals surface area contributed by atoms with E-state index in [-0.39, 0.29) is 12.8 Å². The van der Waals surface area contributed by atoms with Crippen LogP contribution in [-0.2, 0) is 32.7 Å². The van der Waals surface area contributed by atoms with Gasteiger partial charge in [0.1, 0.15) is 43.2 Å². The topological polar surface area (TPSA) is 210 Å². The van der Waals surface area contributed by atoms with Gasteiger partial charge in [-0.15, -0.1) is 0 Å². The largest absolute Gasteiger partial charge is 0.472 e. The highest BCUT2D eigenvalue weighted by atomic mass is 31.2. The molecule has 6 unspecified atom stereocenters. The normalized spacial score (nSPS) is 21.5. The second-order valence-electron chi connectivity index (χ2n) is 18.4. The molecule has 13 nitrogen and oxygen atoms in total. The number of rotatable bonds is 44. The van der Waals surface area contributed by atoms with E-state index >= 15 is 0 Å². The number of esters is 2. The van der Waals surface area contributed by atoms with Crippen LogP contribution in [0.2, 0.25) is 0 Å². The van der Waals surface area contributed by atoms with Crippen molar-refractivity contribution < 1.29 is 63.1 Å². The minimum atomic E-state index is -5.13. The number of aliphatic hydroxyl groups excluding tert-OH is 5. The Morgan fingerprint density at radius 2 is 0.864 bits per heavy atom. The first-order chi connectivity index (χ1) is 31.9. The van der Waals surface area contributed by atoms with Gasteiger partial charge >= 0.3 is 19.8 Å². The zero-order valence-corrected chi connectivity index (χ0v) is 42.1. The predicted octanol–water partition coefficient (Wildman–Crippen LogP) is 11.3. The molecular formula is C52H95O13P. The maximum absolute atomic E-state index is 12.8. The number of ether oxygens (including phenoxy) is 2. The fraction of sp³-hybridized carbons (Fsp3) is 0.846. The van der Waals surface area contributed by atoms with Crippen LogP contribution in [0.25, 0.3) is 0 Å². The number of unbranched alkanes of at least 4 members (excludes halogenated alkanes) is 26. The Bertz CT molecular complexity index is 1290. The van der Waals surface area contributed by atoms with Crippen LogP contribution in [0.4, 0.5) is 0 Å². The van der Waals surface area contributed by atoms with Gasteiger partial charge < -0.3 is 39.9 Å². The molecule has 0 aromatic rings. The molecule has 1 fully saturated rings. The molecule has 0 bridgehead atoms. The van der Waals surface area contributed by atoms with Crippen LogP contribution in [0.3, 0.4) is 0 Å². The number of hydrogen-bond donors (Lipinski definition) is 6. The van der Waals surface area contributed by atoms with Gasteiger partial charge in [-0.25, -0.2) is 4.57 Å². The zero-order chi connectivity index (χ0) is 48.5. The average molecular weight is 959 g/mol. The van der Waals surface area contributed by atoms with E-state index in [1.807, 2.05) is 0 Å². The van der Waals surface area contributed by atoms with E-state index in [1.165, 1.54) is 116 Å². The standard InChI is InChI=1S/C52H95O13P/c1-3-5-7-9-11-13-15-17-19-20-21-22-23-24-25-27-28-30-32-34-36-38-40-45(53)62-42-44(43-63-66(60,61)65-52-50(58)48(56)47(55)49(57)51(52)59)64-46(54)41-39-37-35-33-31-29-26-18-16-14-12-10-8-6-4-2/h6,8,12,14,18,26,44,47-52,55-59H,3-5,7,9-11,13,15-17,19-25,27-43H2,1-2H3,(H,60,61)/b8-6-,14-12-,26-18-. The number of carbonyl (C=O) groups excluding carboxylic acids is 2. The summed E-state index contributed by atoms with van der Waals surface area (Å²) in [6.45, 7) is 3.21. The van der Waals surface area contributed by atoms with Crippen LogP contribution in [0.1, 0.15) is 226 Å². The lowest BCUT2D eigenvalue weighted by atomic mass is 9.85. The van der Waals surface area contributed by atoms with Gasteiger partial charge in [0.25, 0.3) is 0 Å². The lowest BCUT2D eigenvalue weighted by Crippen LogP contribution is -2.64. The summed E-state index contributed by atoms with van der Waals surface area (Å²) in [5.74, 6) is -1.11. The molecule has 0 aromatic carbocycles. The number of carbonyl (C=O) groups is 2. The zero-order valence-electron chi connectivity index (χ0n) is 41.2. The Kier molecular flexibility index (Phi) is 39.5. The Morgan fingerprint density at radius 3 is 1.32 bits per heavy atom. The van der Waals surface area contributed by atoms with Gasteiger partial charge in [-0.1, -0.05) is 204 Å². The maximum atomic E-state index is 12.8. The fourth-order valence-electron chi connectivity index (χ4n) is 8.07. The molecule has 386 valence electrons. The molecule has 1 aliphatic rings. The second kappa shape index (κ2) is 42.0. The van der Waals surface area contributed by atoms with Gasteiger partial charge in [-0.05, 0) is 44.9 Å². The van der Waals surface area contributed by atoms with E-state index in [2.05, 4.69) is 50.3 Å². The van der Waals surface area contributed by atoms with Crippen molar-refractivity contribution in [2.24, 2.45) is 0 Å². The third-order valence-corrected chi connectivity index (χ3v) is 13.2. The molecule has 0 amide bonds. The molecule has 6 N–H and O–H groups in total. The highest BCUT2D eigenvalue weighted by molar-refractivity contribution is 7.47. The molecule has 0 aromatic heterocycles. The highest BCUT2D eigenvalue weighted by Gasteiger charge is 2.51. The number of hydrogen-bond acceptors (Lipinski definition) is 12. The molecule has 0 radical (unpaired) electrons. The monoisotopic (exact) mass is 959 g/mol. The molecule has 6 atom stereocenters. The van der Waals surface area contributed by atoms with Crippen LogP contribution < -0.4 is 0 Å². The van der Waals surface area contributed by atoms with Crippen LogP contribution in [0.15, 0.2) is 36.5 Å². The number of aliphatic hydroxyl groups is 5. The van der Waals surface area contributed by atoms with Crippen LogP contribution >= 0.6 is 7.82 Å². The van der Waals surface area contributed by atoms with Crippen molar-refractivity contribution in [2.75, 3.05) is 13.2 Å². The van der Waals surface area contributed by atoms with Gasteiger partial charge in [0.15, 0.2) is 6.10 Å². The van der Waals surface area contributed by atoms with Crippen LogP contribution in [0, 0.1) is 0 Å². The van der Waals surface area contributed by atoms with Crippen molar-refractivity contribution in [3.8, 4) is 0 Å². The van der Waals surface area contributed by atoms with Gasteiger partial charge in [-0.3, -0.25) is 18.6 Å². The molecule has 0 spiro atoms. The van der Waals surface area contributed by atoms with Gasteiger partial charge in [0, 0.05) is 12.8 Å². The predicted molar refractivity (Wildman–Crippen MR) is 263 cm³/mol. The molecule has 1 aliphatic carbocycles. The molecule has 1 rings (SSSR count). The third-order valence-electron chi connectivity index (χ3n) is 12.2. The van der Waals surface area contributed by atoms with E-state index in [0.717, 1.165) is 70.6 Å². The Balaban J connectivity index is 2.35. The lowest BCUT2D eigenvalue weighted by molar-refractivity contribution is -0.220. The van der Waals surface area contributed by atoms with E-state index in [9.17, 15) is 44.6 Å². The molecule has 0 heterocycles. The summed E-state index contributed by atoms with van der Waals surface area (Å²) in [4.78, 5) is 35.8. The van der Waals surface area contributed by atoms with Crippen molar-refractivity contribution >= 4 is 19.8 Å². The lowest BCUT2D eigenvalue weighted by Gasteiger charge is -2.41. The fourth-order valence-corrected chi connectivity index (χ4v) is 9.04. The van der Waals surface area contributed by atoms with Crippen molar-refractivity contribution in [1.29, 1.82) is 0 Å². The van der Waals surface area contributed by atoms with E-state index < -0.39 is 75.7 Å². The van der Waals surface area contributed by atoms with Gasteiger partial charge in [0.05, 0.1) is 6.61 Å². The van der Waals surface area contributed by atoms with E-state index in [4.69, 9.17) is 18.5 Å². The van der Waals surface area contributed by atoms with Crippen molar-refractivity contribution in [3.05, 3.63) is 36.5 Å². The Morgan fingerprint density at radius 1 is 0.485 bits per heavy atom. The number of phosphoric acid groups is 1. The average Bonchev–Trinajstić information content (AvgIpc) is 3.30. The minimum Gasteiger partial charge on any atom is -0.462 e. The summed E-state index contributed by atoms with van der Waals surface area (Å²) in [6, 6.07) is 0. The summed E-state index contributed by atoms with van der Waals surface area (Å²) in [7, 11) is -5.13.